The minimum atomic E-state index is -0.0844. The molecule has 1 amide bonds. The van der Waals surface area contributed by atoms with Crippen LogP contribution in [0.15, 0.2) is 56.7 Å². The molecular formula is C18H19BrN2O2. The highest BCUT2D eigenvalue weighted by Gasteiger charge is 2.34. The number of benzene rings is 1. The third-order valence-corrected chi connectivity index (χ3v) is 4.28. The zero-order valence-electron chi connectivity index (χ0n) is 13.2. The van der Waals surface area contributed by atoms with Gasteiger partial charge in [0, 0.05) is 17.3 Å². The second kappa shape index (κ2) is 6.71. The number of hydrogen-bond donors (Lipinski definition) is 0. The number of hydrazone groups is 1. The molecule has 1 unspecified atom stereocenters. The van der Waals surface area contributed by atoms with Gasteiger partial charge >= 0.3 is 0 Å². The summed E-state index contributed by atoms with van der Waals surface area (Å²) in [6.45, 7) is 4.08. The summed E-state index contributed by atoms with van der Waals surface area (Å²) in [4.78, 5) is 12.6. The van der Waals surface area contributed by atoms with Gasteiger partial charge in [-0.2, -0.15) is 5.10 Å². The van der Waals surface area contributed by atoms with E-state index in [4.69, 9.17) is 4.42 Å². The van der Waals surface area contributed by atoms with E-state index in [9.17, 15) is 4.79 Å². The van der Waals surface area contributed by atoms with Gasteiger partial charge in [0.2, 0.25) is 5.91 Å². The van der Waals surface area contributed by atoms with E-state index < -0.39 is 0 Å². The summed E-state index contributed by atoms with van der Waals surface area (Å²) in [6.07, 6.45) is 2.78. The van der Waals surface area contributed by atoms with Crippen molar-refractivity contribution in [3.05, 3.63) is 58.5 Å². The van der Waals surface area contributed by atoms with Gasteiger partial charge in [0.05, 0.1) is 12.3 Å². The fourth-order valence-electron chi connectivity index (χ4n) is 2.75. The van der Waals surface area contributed by atoms with Gasteiger partial charge in [-0.25, -0.2) is 5.01 Å². The molecule has 1 atom stereocenters. The Morgan fingerprint density at radius 1 is 1.39 bits per heavy atom. The average Bonchev–Trinajstić information content (AvgIpc) is 3.16. The summed E-state index contributed by atoms with van der Waals surface area (Å²) in [7, 11) is 0. The molecule has 0 saturated heterocycles. The molecule has 2 heterocycles. The minimum Gasteiger partial charge on any atom is -0.463 e. The fraction of sp³-hybridized carbons (Fsp3) is 0.333. The quantitative estimate of drug-likeness (QED) is 0.773. The first kappa shape index (κ1) is 16.0. The third kappa shape index (κ3) is 3.55. The van der Waals surface area contributed by atoms with Crippen LogP contribution >= 0.6 is 15.9 Å². The van der Waals surface area contributed by atoms with Crippen molar-refractivity contribution in [1.29, 1.82) is 0 Å². The van der Waals surface area contributed by atoms with E-state index in [2.05, 4.69) is 21.0 Å². The van der Waals surface area contributed by atoms with Crippen molar-refractivity contribution >= 4 is 27.5 Å². The second-order valence-electron chi connectivity index (χ2n) is 6.14. The van der Waals surface area contributed by atoms with Crippen molar-refractivity contribution in [2.75, 3.05) is 0 Å². The van der Waals surface area contributed by atoms with E-state index in [0.29, 0.717) is 18.8 Å². The van der Waals surface area contributed by atoms with Crippen LogP contribution in [0.2, 0.25) is 0 Å². The molecule has 0 bridgehead atoms. The van der Waals surface area contributed by atoms with E-state index in [1.165, 1.54) is 0 Å². The van der Waals surface area contributed by atoms with Gasteiger partial charge in [-0.3, -0.25) is 4.79 Å². The predicted molar refractivity (Wildman–Crippen MR) is 93.0 cm³/mol. The lowest BCUT2D eigenvalue weighted by Gasteiger charge is -2.23. The SMILES string of the molecule is CC(C)CC(=O)N1N=C(c2ccco2)CC1c1cccc(Br)c1. The van der Waals surface area contributed by atoms with E-state index in [-0.39, 0.29) is 11.9 Å². The van der Waals surface area contributed by atoms with Crippen molar-refractivity contribution in [1.82, 2.24) is 5.01 Å². The number of halogens is 1. The monoisotopic (exact) mass is 374 g/mol. The highest BCUT2D eigenvalue weighted by molar-refractivity contribution is 9.10. The van der Waals surface area contributed by atoms with Crippen LogP contribution in [-0.2, 0) is 4.79 Å². The highest BCUT2D eigenvalue weighted by Crippen LogP contribution is 2.34. The normalized spacial score (nSPS) is 17.7. The Morgan fingerprint density at radius 3 is 2.87 bits per heavy atom. The zero-order chi connectivity index (χ0) is 16.4. The molecule has 1 aliphatic rings. The number of furan rings is 1. The molecule has 0 aliphatic carbocycles. The van der Waals surface area contributed by atoms with Crippen LogP contribution in [0.1, 0.15) is 44.1 Å². The first-order valence-corrected chi connectivity index (χ1v) is 8.53. The van der Waals surface area contributed by atoms with E-state index in [1.807, 2.05) is 50.2 Å². The first-order chi connectivity index (χ1) is 11.0. The van der Waals surface area contributed by atoms with Crippen molar-refractivity contribution < 1.29 is 9.21 Å². The Hall–Kier alpha value is -1.88. The average molecular weight is 375 g/mol. The van der Waals surface area contributed by atoms with E-state index in [1.54, 1.807) is 11.3 Å². The molecular weight excluding hydrogens is 356 g/mol. The number of rotatable bonds is 4. The molecule has 0 fully saturated rings. The van der Waals surface area contributed by atoms with Crippen LogP contribution in [-0.4, -0.2) is 16.6 Å². The molecule has 1 aromatic heterocycles. The second-order valence-corrected chi connectivity index (χ2v) is 7.05. The van der Waals surface area contributed by atoms with Crippen LogP contribution in [0.3, 0.4) is 0 Å². The van der Waals surface area contributed by atoms with E-state index >= 15 is 0 Å². The van der Waals surface area contributed by atoms with Crippen molar-refractivity contribution in [3.8, 4) is 0 Å². The van der Waals surface area contributed by atoms with Gasteiger partial charge in [-0.1, -0.05) is 41.9 Å². The number of nitrogens with zero attached hydrogens (tertiary/aromatic N) is 2. The highest BCUT2D eigenvalue weighted by atomic mass is 79.9. The molecule has 120 valence electrons. The Morgan fingerprint density at radius 2 is 2.22 bits per heavy atom. The van der Waals surface area contributed by atoms with Gasteiger partial charge in [-0.15, -0.1) is 0 Å². The molecule has 4 nitrogen and oxygen atoms in total. The molecule has 23 heavy (non-hydrogen) atoms. The van der Waals surface area contributed by atoms with Gasteiger partial charge < -0.3 is 4.42 Å². The van der Waals surface area contributed by atoms with Crippen LogP contribution in [0.4, 0.5) is 0 Å². The summed E-state index contributed by atoms with van der Waals surface area (Å²) >= 11 is 3.50. The predicted octanol–water partition coefficient (Wildman–Crippen LogP) is 4.77. The zero-order valence-corrected chi connectivity index (χ0v) is 14.8. The van der Waals surface area contributed by atoms with Crippen molar-refractivity contribution in [3.63, 3.8) is 0 Å². The third-order valence-electron chi connectivity index (χ3n) is 3.79. The maximum absolute atomic E-state index is 12.6. The van der Waals surface area contributed by atoms with Gasteiger partial charge in [0.1, 0.15) is 11.5 Å². The van der Waals surface area contributed by atoms with Gasteiger partial charge in [0.25, 0.3) is 0 Å². The minimum absolute atomic E-state index is 0.0477. The number of amides is 1. The summed E-state index contributed by atoms with van der Waals surface area (Å²) < 4.78 is 6.45. The summed E-state index contributed by atoms with van der Waals surface area (Å²) in [5, 5.41) is 6.19. The molecule has 2 aromatic rings. The lowest BCUT2D eigenvalue weighted by atomic mass is 10.0. The Kier molecular flexibility index (Phi) is 4.66. The topological polar surface area (TPSA) is 45.8 Å². The molecule has 1 aromatic carbocycles. The molecule has 0 saturated carbocycles. The number of carbonyl (C=O) groups is 1. The fourth-order valence-corrected chi connectivity index (χ4v) is 3.17. The van der Waals surface area contributed by atoms with Gasteiger partial charge in [-0.05, 0) is 35.7 Å². The summed E-state index contributed by atoms with van der Waals surface area (Å²) in [5.41, 5.74) is 1.89. The van der Waals surface area contributed by atoms with Crippen LogP contribution < -0.4 is 0 Å². The lowest BCUT2D eigenvalue weighted by molar-refractivity contribution is -0.133. The Bertz CT molecular complexity index is 722. The van der Waals surface area contributed by atoms with Crippen LogP contribution in [0.5, 0.6) is 0 Å². The maximum Gasteiger partial charge on any atom is 0.243 e. The smallest absolute Gasteiger partial charge is 0.243 e. The first-order valence-electron chi connectivity index (χ1n) is 7.73. The maximum atomic E-state index is 12.6. The standard InChI is InChI=1S/C18H19BrN2O2/c1-12(2)9-18(22)21-16(13-5-3-6-14(19)10-13)11-15(20-21)17-7-4-8-23-17/h3-8,10,12,16H,9,11H2,1-2H3. The number of carbonyl (C=O) groups excluding carboxylic acids is 1. The van der Waals surface area contributed by atoms with Crippen molar-refractivity contribution in [2.24, 2.45) is 11.0 Å². The summed E-state index contributed by atoms with van der Waals surface area (Å²) in [6, 6.07) is 11.7. The number of hydrogen-bond acceptors (Lipinski definition) is 3. The Labute approximate surface area is 144 Å². The molecule has 0 radical (unpaired) electrons. The summed E-state index contributed by atoms with van der Waals surface area (Å²) in [5.74, 6) is 1.07. The Balaban J connectivity index is 1.93. The van der Waals surface area contributed by atoms with Gasteiger partial charge in [0.15, 0.2) is 0 Å². The van der Waals surface area contributed by atoms with Crippen molar-refractivity contribution in [2.45, 2.75) is 32.7 Å². The molecule has 1 aliphatic heterocycles. The largest absolute Gasteiger partial charge is 0.463 e. The van der Waals surface area contributed by atoms with E-state index in [0.717, 1.165) is 21.5 Å². The molecule has 3 rings (SSSR count). The molecule has 0 N–H and O–H groups in total. The van der Waals surface area contributed by atoms with Crippen LogP contribution in [0, 0.1) is 5.92 Å². The lowest BCUT2D eigenvalue weighted by Crippen LogP contribution is -2.27. The molecule has 0 spiro atoms. The molecule has 5 heteroatoms. The van der Waals surface area contributed by atoms with Crippen LogP contribution in [0.25, 0.3) is 0 Å².